The first kappa shape index (κ1) is 18.8. The summed E-state index contributed by atoms with van der Waals surface area (Å²) >= 11 is 3.25. The number of thiophene rings is 1. The first-order chi connectivity index (χ1) is 13.0. The summed E-state index contributed by atoms with van der Waals surface area (Å²) in [6, 6.07) is 0. The maximum Gasteiger partial charge on any atom is 0.214 e. The Bertz CT molecular complexity index is 945. The van der Waals surface area contributed by atoms with Gasteiger partial charge in [0.25, 0.3) is 0 Å². The zero-order valence-corrected chi connectivity index (χ0v) is 17.7. The smallest absolute Gasteiger partial charge is 0.214 e. The third kappa shape index (κ3) is 4.01. The van der Waals surface area contributed by atoms with Crippen molar-refractivity contribution in [2.75, 3.05) is 26.3 Å². The highest BCUT2D eigenvalue weighted by Gasteiger charge is 2.19. The SMILES string of the molecule is Cc1sc2nc(CN3CCOCC3)nc(Sc3n[nH]c(C(C)C)n3)c2c1C. The standard InChI is InChI=1S/C18H24N6OS2/c1-10(2)15-21-18(23-22-15)27-17-14-11(3)12(4)26-16(14)19-13(20-17)9-24-5-7-25-8-6-24/h10H,5-9H2,1-4H3,(H,21,22,23). The van der Waals surface area contributed by atoms with Crippen molar-refractivity contribution in [3.63, 3.8) is 0 Å². The van der Waals surface area contributed by atoms with E-state index in [1.54, 1.807) is 11.3 Å². The van der Waals surface area contributed by atoms with Crippen molar-refractivity contribution in [3.05, 3.63) is 22.1 Å². The van der Waals surface area contributed by atoms with Crippen molar-refractivity contribution in [1.82, 2.24) is 30.0 Å². The van der Waals surface area contributed by atoms with Gasteiger partial charge in [-0.15, -0.1) is 16.4 Å². The van der Waals surface area contributed by atoms with Crippen LogP contribution in [0.3, 0.4) is 0 Å². The second-order valence-corrected chi connectivity index (χ2v) is 9.22. The Balaban J connectivity index is 1.69. The van der Waals surface area contributed by atoms with E-state index in [0.717, 1.165) is 59.7 Å². The molecule has 9 heteroatoms. The molecule has 0 radical (unpaired) electrons. The lowest BCUT2D eigenvalue weighted by Crippen LogP contribution is -2.36. The summed E-state index contributed by atoms with van der Waals surface area (Å²) in [6.07, 6.45) is 0. The fraction of sp³-hybridized carbons (Fsp3) is 0.556. The van der Waals surface area contributed by atoms with Crippen LogP contribution in [0.1, 0.15) is 41.9 Å². The third-order valence-corrected chi connectivity index (χ3v) is 6.68. The van der Waals surface area contributed by atoms with Gasteiger partial charge in [0.15, 0.2) is 0 Å². The molecule has 0 unspecified atom stereocenters. The average Bonchev–Trinajstić information content (AvgIpc) is 3.21. The zero-order valence-electron chi connectivity index (χ0n) is 16.1. The second-order valence-electron chi connectivity index (χ2n) is 7.06. The molecule has 0 bridgehead atoms. The molecule has 4 heterocycles. The van der Waals surface area contributed by atoms with E-state index < -0.39 is 0 Å². The number of nitrogens with one attached hydrogen (secondary N) is 1. The minimum atomic E-state index is 0.319. The molecular weight excluding hydrogens is 380 g/mol. The summed E-state index contributed by atoms with van der Waals surface area (Å²) in [6.45, 7) is 12.6. The maximum atomic E-state index is 5.45. The van der Waals surface area contributed by atoms with Gasteiger partial charge in [0, 0.05) is 29.3 Å². The van der Waals surface area contributed by atoms with Gasteiger partial charge < -0.3 is 4.74 Å². The minimum absolute atomic E-state index is 0.319. The van der Waals surface area contributed by atoms with Gasteiger partial charge >= 0.3 is 0 Å². The van der Waals surface area contributed by atoms with E-state index in [0.29, 0.717) is 11.1 Å². The molecule has 1 fully saturated rings. The second kappa shape index (κ2) is 7.83. The van der Waals surface area contributed by atoms with Crippen LogP contribution >= 0.6 is 23.1 Å². The van der Waals surface area contributed by atoms with Crippen LogP contribution in [0.2, 0.25) is 0 Å². The molecule has 0 spiro atoms. The minimum Gasteiger partial charge on any atom is -0.379 e. The Hall–Kier alpha value is -1.55. The lowest BCUT2D eigenvalue weighted by atomic mass is 10.2. The predicted molar refractivity (Wildman–Crippen MR) is 108 cm³/mol. The number of fused-ring (bicyclic) bond motifs is 1. The van der Waals surface area contributed by atoms with Crippen LogP contribution in [0.25, 0.3) is 10.2 Å². The normalized spacial score (nSPS) is 15.9. The molecule has 3 aromatic heterocycles. The number of hydrogen-bond donors (Lipinski definition) is 1. The molecule has 144 valence electrons. The number of rotatable bonds is 5. The summed E-state index contributed by atoms with van der Waals surface area (Å²) in [5.74, 6) is 2.07. The maximum absolute atomic E-state index is 5.45. The highest BCUT2D eigenvalue weighted by molar-refractivity contribution is 7.99. The lowest BCUT2D eigenvalue weighted by Gasteiger charge is -2.25. The highest BCUT2D eigenvalue weighted by Crippen LogP contribution is 2.37. The van der Waals surface area contributed by atoms with Crippen LogP contribution in [-0.4, -0.2) is 56.4 Å². The molecule has 27 heavy (non-hydrogen) atoms. The van der Waals surface area contributed by atoms with Crippen molar-refractivity contribution in [2.45, 2.75) is 50.3 Å². The molecule has 0 aliphatic carbocycles. The quantitative estimate of drug-likeness (QED) is 0.652. The Labute approximate surface area is 167 Å². The van der Waals surface area contributed by atoms with Gasteiger partial charge in [-0.25, -0.2) is 15.0 Å². The monoisotopic (exact) mass is 404 g/mol. The van der Waals surface area contributed by atoms with E-state index in [1.807, 2.05) is 0 Å². The molecule has 7 nitrogen and oxygen atoms in total. The molecule has 0 aromatic carbocycles. The molecule has 1 aliphatic rings. The summed E-state index contributed by atoms with van der Waals surface area (Å²) in [7, 11) is 0. The fourth-order valence-electron chi connectivity index (χ4n) is 3.01. The summed E-state index contributed by atoms with van der Waals surface area (Å²) < 4.78 is 5.45. The van der Waals surface area contributed by atoms with E-state index >= 15 is 0 Å². The molecule has 1 N–H and O–H groups in total. The fourth-order valence-corrected chi connectivity index (χ4v) is 5.03. The average molecular weight is 405 g/mol. The summed E-state index contributed by atoms with van der Waals surface area (Å²) in [5.41, 5.74) is 1.25. The first-order valence-electron chi connectivity index (χ1n) is 9.18. The Morgan fingerprint density at radius 3 is 2.67 bits per heavy atom. The van der Waals surface area contributed by atoms with Crippen molar-refractivity contribution in [1.29, 1.82) is 0 Å². The Morgan fingerprint density at radius 2 is 1.96 bits per heavy atom. The van der Waals surface area contributed by atoms with Gasteiger partial charge in [0.1, 0.15) is 21.5 Å². The molecule has 0 atom stereocenters. The van der Waals surface area contributed by atoms with Gasteiger partial charge in [-0.3, -0.25) is 10.00 Å². The lowest BCUT2D eigenvalue weighted by molar-refractivity contribution is 0.0330. The van der Waals surface area contributed by atoms with Gasteiger partial charge in [-0.2, -0.15) is 0 Å². The van der Waals surface area contributed by atoms with Crippen LogP contribution in [0.5, 0.6) is 0 Å². The Morgan fingerprint density at radius 1 is 1.19 bits per heavy atom. The van der Waals surface area contributed by atoms with E-state index in [9.17, 15) is 0 Å². The van der Waals surface area contributed by atoms with E-state index in [1.165, 1.54) is 22.2 Å². The van der Waals surface area contributed by atoms with Crippen LogP contribution < -0.4 is 0 Å². The van der Waals surface area contributed by atoms with Crippen LogP contribution in [0.4, 0.5) is 0 Å². The largest absolute Gasteiger partial charge is 0.379 e. The third-order valence-electron chi connectivity index (χ3n) is 4.73. The van der Waals surface area contributed by atoms with Gasteiger partial charge in [0.05, 0.1) is 19.8 Å². The number of H-pyrrole nitrogens is 1. The van der Waals surface area contributed by atoms with Crippen molar-refractivity contribution >= 4 is 33.3 Å². The number of aryl methyl sites for hydroxylation is 2. The van der Waals surface area contributed by atoms with Crippen LogP contribution in [-0.2, 0) is 11.3 Å². The Kier molecular flexibility index (Phi) is 5.45. The summed E-state index contributed by atoms with van der Waals surface area (Å²) in [5, 5.41) is 10.2. The number of ether oxygens (including phenoxy) is 1. The highest BCUT2D eigenvalue weighted by atomic mass is 32.2. The zero-order chi connectivity index (χ0) is 19.0. The van der Waals surface area contributed by atoms with Gasteiger partial charge in [0.2, 0.25) is 5.16 Å². The number of aromatic nitrogens is 5. The molecular formula is C18H24N6OS2. The topological polar surface area (TPSA) is 79.8 Å². The molecule has 1 saturated heterocycles. The van der Waals surface area contributed by atoms with Crippen molar-refractivity contribution in [3.8, 4) is 0 Å². The molecule has 0 amide bonds. The predicted octanol–water partition coefficient (Wildman–Crippen LogP) is 3.53. The molecule has 1 aliphatic heterocycles. The van der Waals surface area contributed by atoms with E-state index in [4.69, 9.17) is 14.7 Å². The first-order valence-corrected chi connectivity index (χ1v) is 10.8. The molecule has 3 aromatic rings. The number of hydrogen-bond acceptors (Lipinski definition) is 8. The molecule has 4 rings (SSSR count). The van der Waals surface area contributed by atoms with E-state index in [2.05, 4.69) is 47.8 Å². The van der Waals surface area contributed by atoms with Crippen LogP contribution in [0, 0.1) is 13.8 Å². The van der Waals surface area contributed by atoms with Gasteiger partial charge in [-0.05, 0) is 31.2 Å². The van der Waals surface area contributed by atoms with E-state index in [-0.39, 0.29) is 0 Å². The van der Waals surface area contributed by atoms with Crippen molar-refractivity contribution in [2.24, 2.45) is 0 Å². The number of nitrogens with zero attached hydrogens (tertiary/aromatic N) is 5. The number of morpholine rings is 1. The summed E-state index contributed by atoms with van der Waals surface area (Å²) in [4.78, 5) is 19.0. The van der Waals surface area contributed by atoms with Gasteiger partial charge in [-0.1, -0.05) is 13.8 Å². The molecule has 0 saturated carbocycles. The number of aromatic amines is 1. The van der Waals surface area contributed by atoms with Crippen LogP contribution in [0.15, 0.2) is 10.2 Å². The van der Waals surface area contributed by atoms with Crippen molar-refractivity contribution < 1.29 is 4.74 Å².